The van der Waals surface area contributed by atoms with E-state index in [1.807, 2.05) is 60.7 Å². The summed E-state index contributed by atoms with van der Waals surface area (Å²) in [6.07, 6.45) is 1.49. The number of nitrogens with one attached hydrogen (secondary N) is 1. The number of ether oxygens (including phenoxy) is 2. The van der Waals surface area contributed by atoms with Crippen LogP contribution in [0.1, 0.15) is 11.1 Å². The number of carbonyl (C=O) groups excluding carboxylic acids is 1. The van der Waals surface area contributed by atoms with Crippen LogP contribution < -0.4 is 14.8 Å². The van der Waals surface area contributed by atoms with Gasteiger partial charge in [0.05, 0.1) is 7.11 Å². The number of methoxy groups -OCH3 is 1. The second-order valence-corrected chi connectivity index (χ2v) is 7.82. The highest BCUT2D eigenvalue weighted by Gasteiger charge is 2.15. The van der Waals surface area contributed by atoms with Gasteiger partial charge in [0.25, 0.3) is 5.91 Å². The van der Waals surface area contributed by atoms with E-state index in [0.29, 0.717) is 27.8 Å². The highest BCUT2D eigenvalue weighted by molar-refractivity contribution is 6.31. The Kier molecular flexibility index (Phi) is 7.12. The molecule has 0 radical (unpaired) electrons. The lowest BCUT2D eigenvalue weighted by molar-refractivity contribution is -0.112. The van der Waals surface area contributed by atoms with Gasteiger partial charge in [-0.3, -0.25) is 4.79 Å². The third kappa shape index (κ3) is 5.03. The zero-order valence-electron chi connectivity index (χ0n) is 18.4. The molecule has 1 amide bonds. The van der Waals surface area contributed by atoms with Gasteiger partial charge in [0, 0.05) is 27.2 Å². The second-order valence-electron chi connectivity index (χ2n) is 7.41. The maximum atomic E-state index is 13.0. The molecular weight excluding hydrogens is 448 g/mol. The highest BCUT2D eigenvalue weighted by atomic mass is 35.5. The molecule has 4 aromatic carbocycles. The summed E-state index contributed by atoms with van der Waals surface area (Å²) >= 11 is 6.25. The monoisotopic (exact) mass is 468 g/mol. The summed E-state index contributed by atoms with van der Waals surface area (Å²) < 4.78 is 11.5. The third-order valence-electron chi connectivity index (χ3n) is 5.26. The van der Waals surface area contributed by atoms with E-state index >= 15 is 0 Å². The molecule has 0 spiro atoms. The normalized spacial score (nSPS) is 11.0. The minimum atomic E-state index is -0.515. The fourth-order valence-electron chi connectivity index (χ4n) is 3.56. The Balaban J connectivity index is 1.64. The Morgan fingerprint density at radius 2 is 1.74 bits per heavy atom. The molecule has 4 aromatic rings. The van der Waals surface area contributed by atoms with Crippen LogP contribution in [0.3, 0.4) is 0 Å². The first kappa shape index (κ1) is 22.9. The fraction of sp³-hybridized carbons (Fsp3) is 0.0714. The first-order valence-corrected chi connectivity index (χ1v) is 10.9. The van der Waals surface area contributed by atoms with Gasteiger partial charge in [-0.25, -0.2) is 0 Å². The van der Waals surface area contributed by atoms with Gasteiger partial charge in [-0.05, 0) is 29.7 Å². The van der Waals surface area contributed by atoms with Crippen molar-refractivity contribution in [1.29, 1.82) is 5.26 Å². The van der Waals surface area contributed by atoms with Crippen LogP contribution >= 0.6 is 11.6 Å². The third-order valence-corrected chi connectivity index (χ3v) is 5.63. The van der Waals surface area contributed by atoms with E-state index in [1.54, 1.807) is 30.3 Å². The van der Waals surface area contributed by atoms with Crippen molar-refractivity contribution in [2.45, 2.75) is 6.61 Å². The zero-order valence-corrected chi connectivity index (χ0v) is 19.2. The van der Waals surface area contributed by atoms with Gasteiger partial charge in [0.2, 0.25) is 0 Å². The van der Waals surface area contributed by atoms with E-state index in [0.717, 1.165) is 16.3 Å². The molecule has 4 rings (SSSR count). The van der Waals surface area contributed by atoms with Crippen LogP contribution in [0.2, 0.25) is 5.02 Å². The first-order valence-electron chi connectivity index (χ1n) is 10.5. The zero-order chi connectivity index (χ0) is 23.9. The minimum absolute atomic E-state index is 0.0659. The number of para-hydroxylation sites is 1. The van der Waals surface area contributed by atoms with Gasteiger partial charge in [0.15, 0.2) is 11.5 Å². The molecule has 0 aromatic heterocycles. The Labute approximate surface area is 202 Å². The van der Waals surface area contributed by atoms with Crippen LogP contribution in [0.25, 0.3) is 16.8 Å². The summed E-state index contributed by atoms with van der Waals surface area (Å²) in [6, 6.07) is 28.0. The van der Waals surface area contributed by atoms with Gasteiger partial charge in [-0.2, -0.15) is 5.26 Å². The maximum Gasteiger partial charge on any atom is 0.266 e. The molecule has 0 saturated heterocycles. The van der Waals surface area contributed by atoms with Crippen molar-refractivity contribution in [2.75, 3.05) is 12.4 Å². The molecule has 0 aliphatic carbocycles. The minimum Gasteiger partial charge on any atom is -0.493 e. The Morgan fingerprint density at radius 3 is 2.53 bits per heavy atom. The molecule has 34 heavy (non-hydrogen) atoms. The Hall–Kier alpha value is -4.27. The number of halogens is 1. The van der Waals surface area contributed by atoms with E-state index < -0.39 is 5.91 Å². The van der Waals surface area contributed by atoms with Crippen molar-refractivity contribution < 1.29 is 14.3 Å². The van der Waals surface area contributed by atoms with Gasteiger partial charge in [-0.1, -0.05) is 78.3 Å². The predicted molar refractivity (Wildman–Crippen MR) is 135 cm³/mol. The molecule has 0 atom stereocenters. The Morgan fingerprint density at radius 1 is 1.00 bits per heavy atom. The summed E-state index contributed by atoms with van der Waals surface area (Å²) in [6.45, 7) is 0.199. The molecule has 0 saturated carbocycles. The lowest BCUT2D eigenvalue weighted by atomic mass is 10.1. The lowest BCUT2D eigenvalue weighted by Crippen LogP contribution is -2.13. The molecule has 6 heteroatoms. The van der Waals surface area contributed by atoms with Crippen LogP contribution in [0, 0.1) is 11.3 Å². The first-order chi connectivity index (χ1) is 16.6. The quantitative estimate of drug-likeness (QED) is 0.244. The summed E-state index contributed by atoms with van der Waals surface area (Å²) in [5, 5.41) is 15.1. The Bertz CT molecular complexity index is 1420. The number of amides is 1. The van der Waals surface area contributed by atoms with E-state index in [1.165, 1.54) is 13.2 Å². The topological polar surface area (TPSA) is 71.3 Å². The molecule has 0 heterocycles. The smallest absolute Gasteiger partial charge is 0.266 e. The summed E-state index contributed by atoms with van der Waals surface area (Å²) in [5.74, 6) is 0.377. The molecule has 0 fully saturated rings. The van der Waals surface area contributed by atoms with Gasteiger partial charge in [0.1, 0.15) is 18.2 Å². The molecule has 0 aliphatic rings. The standard InChI is InChI=1S/C28H21ClN2O3/c1-33-26-15-7-11-20(27(26)34-18-21-9-3-5-13-24(21)29)16-22(17-30)28(32)31-25-14-6-10-19-8-2-4-12-23(19)25/h2-16H,18H2,1H3,(H,31,32)/b22-16+. The van der Waals surface area contributed by atoms with Crippen LogP contribution in [-0.2, 0) is 11.4 Å². The van der Waals surface area contributed by atoms with Crippen LogP contribution in [0.4, 0.5) is 5.69 Å². The number of carbonyl (C=O) groups is 1. The van der Waals surface area contributed by atoms with Crippen molar-refractivity contribution in [3.63, 3.8) is 0 Å². The van der Waals surface area contributed by atoms with Crippen LogP contribution in [0.5, 0.6) is 11.5 Å². The van der Waals surface area contributed by atoms with Crippen LogP contribution in [0.15, 0.2) is 90.5 Å². The molecule has 1 N–H and O–H groups in total. The predicted octanol–water partition coefficient (Wildman–Crippen LogP) is 6.63. The van der Waals surface area contributed by atoms with Crippen LogP contribution in [-0.4, -0.2) is 13.0 Å². The second kappa shape index (κ2) is 10.6. The van der Waals surface area contributed by atoms with Crippen molar-refractivity contribution in [3.8, 4) is 17.6 Å². The number of rotatable bonds is 7. The number of hydrogen-bond donors (Lipinski definition) is 1. The fourth-order valence-corrected chi connectivity index (χ4v) is 3.75. The number of benzene rings is 4. The van der Waals surface area contributed by atoms with E-state index in [-0.39, 0.29) is 12.2 Å². The molecule has 0 bridgehead atoms. The average Bonchev–Trinajstić information content (AvgIpc) is 2.87. The molecular formula is C28H21ClN2O3. The number of nitriles is 1. The number of hydrogen-bond acceptors (Lipinski definition) is 4. The van der Waals surface area contributed by atoms with E-state index in [2.05, 4.69) is 5.32 Å². The SMILES string of the molecule is COc1cccc(/C=C(\C#N)C(=O)Nc2cccc3ccccc23)c1OCc1ccccc1Cl. The summed E-state index contributed by atoms with van der Waals surface area (Å²) in [4.78, 5) is 13.0. The molecule has 0 aliphatic heterocycles. The molecule has 5 nitrogen and oxygen atoms in total. The van der Waals surface area contributed by atoms with E-state index in [4.69, 9.17) is 21.1 Å². The number of nitrogens with zero attached hydrogens (tertiary/aromatic N) is 1. The van der Waals surface area contributed by atoms with Crippen molar-refractivity contribution in [2.24, 2.45) is 0 Å². The lowest BCUT2D eigenvalue weighted by Gasteiger charge is -2.14. The van der Waals surface area contributed by atoms with Crippen molar-refractivity contribution in [1.82, 2.24) is 0 Å². The maximum absolute atomic E-state index is 13.0. The largest absolute Gasteiger partial charge is 0.493 e. The number of anilines is 1. The van der Waals surface area contributed by atoms with Gasteiger partial charge >= 0.3 is 0 Å². The highest BCUT2D eigenvalue weighted by Crippen LogP contribution is 2.34. The van der Waals surface area contributed by atoms with Gasteiger partial charge in [-0.15, -0.1) is 0 Å². The van der Waals surface area contributed by atoms with E-state index in [9.17, 15) is 10.1 Å². The number of fused-ring (bicyclic) bond motifs is 1. The average molecular weight is 469 g/mol. The summed E-state index contributed by atoms with van der Waals surface area (Å²) in [5.41, 5.74) is 1.91. The summed E-state index contributed by atoms with van der Waals surface area (Å²) in [7, 11) is 1.53. The molecule has 168 valence electrons. The van der Waals surface area contributed by atoms with Gasteiger partial charge < -0.3 is 14.8 Å². The van der Waals surface area contributed by atoms with Crippen molar-refractivity contribution in [3.05, 3.63) is 107 Å². The van der Waals surface area contributed by atoms with Crippen molar-refractivity contribution >= 4 is 40.0 Å². The molecule has 0 unspecified atom stereocenters.